The van der Waals surface area contributed by atoms with Gasteiger partial charge in [0, 0.05) is 17.6 Å². The molecule has 1 aromatic rings. The molecule has 3 aliphatic rings. The monoisotopic (exact) mass is 306 g/mol. The number of nitrogens with zero attached hydrogens (tertiary/aromatic N) is 1. The summed E-state index contributed by atoms with van der Waals surface area (Å²) >= 11 is 0. The van der Waals surface area contributed by atoms with Crippen LogP contribution in [0.2, 0.25) is 0 Å². The molecule has 0 atom stereocenters. The van der Waals surface area contributed by atoms with E-state index in [1.165, 1.54) is 12.1 Å². The number of carbonyl (C=O) groups excluding carboxylic acids is 2. The molecule has 3 aliphatic carbocycles. The van der Waals surface area contributed by atoms with Gasteiger partial charge in [-0.1, -0.05) is 12.1 Å². The lowest BCUT2D eigenvalue weighted by Gasteiger charge is -2.72. The first-order chi connectivity index (χ1) is 10.3. The van der Waals surface area contributed by atoms with Crippen LogP contribution < -0.4 is 16.8 Å². The molecule has 3 amide bonds. The van der Waals surface area contributed by atoms with Gasteiger partial charge < -0.3 is 21.7 Å². The molecule has 0 heterocycles. The van der Waals surface area contributed by atoms with E-state index in [-0.39, 0.29) is 29.3 Å². The molecule has 2 bridgehead atoms. The third-order valence-electron chi connectivity index (χ3n) is 4.56. The summed E-state index contributed by atoms with van der Waals surface area (Å²) in [5.74, 6) is -0.571. The maximum Gasteiger partial charge on any atom is 0.312 e. The summed E-state index contributed by atoms with van der Waals surface area (Å²) in [6, 6.07) is 5.41. The summed E-state index contributed by atoms with van der Waals surface area (Å²) in [4.78, 5) is 24.9. The molecule has 6 nitrogen and oxygen atoms in total. The number of carbonyl (C=O) groups is 2. The maximum absolute atomic E-state index is 13.3. The van der Waals surface area contributed by atoms with Gasteiger partial charge >= 0.3 is 6.03 Å². The number of urea groups is 1. The lowest BCUT2D eigenvalue weighted by molar-refractivity contribution is -0.182. The van der Waals surface area contributed by atoms with Crippen LogP contribution in [-0.2, 0) is 11.3 Å². The highest BCUT2D eigenvalue weighted by Crippen LogP contribution is 2.62. The van der Waals surface area contributed by atoms with Gasteiger partial charge in [0.2, 0.25) is 5.91 Å². The highest BCUT2D eigenvalue weighted by Gasteiger charge is 2.69. The number of halogens is 1. The van der Waals surface area contributed by atoms with Crippen molar-refractivity contribution >= 4 is 11.9 Å². The number of amides is 3. The molecule has 7 heteroatoms. The van der Waals surface area contributed by atoms with Crippen molar-refractivity contribution in [3.05, 3.63) is 35.6 Å². The van der Waals surface area contributed by atoms with Gasteiger partial charge in [-0.15, -0.1) is 0 Å². The zero-order chi connectivity index (χ0) is 16.0. The normalized spacial score (nSPS) is 28.3. The number of hydrogen-bond donors (Lipinski definition) is 3. The van der Waals surface area contributed by atoms with Crippen molar-refractivity contribution < 1.29 is 14.0 Å². The summed E-state index contributed by atoms with van der Waals surface area (Å²) in [7, 11) is 0. The predicted molar refractivity (Wildman–Crippen MR) is 78.0 cm³/mol. The van der Waals surface area contributed by atoms with E-state index < -0.39 is 6.03 Å². The number of benzene rings is 1. The summed E-state index contributed by atoms with van der Waals surface area (Å²) in [6.45, 7) is 0.136. The van der Waals surface area contributed by atoms with Crippen molar-refractivity contribution in [2.24, 2.45) is 11.5 Å². The van der Waals surface area contributed by atoms with E-state index in [9.17, 15) is 14.0 Å². The molecule has 0 radical (unpaired) electrons. The quantitative estimate of drug-likeness (QED) is 0.736. The first kappa shape index (κ1) is 14.8. The fourth-order valence-corrected chi connectivity index (χ4v) is 3.69. The number of rotatable bonds is 5. The van der Waals surface area contributed by atoms with Crippen LogP contribution in [0.4, 0.5) is 9.18 Å². The Balaban J connectivity index is 1.75. The third kappa shape index (κ3) is 2.52. The smallest absolute Gasteiger partial charge is 0.312 e. The molecule has 0 spiro atoms. The molecule has 1 aromatic carbocycles. The van der Waals surface area contributed by atoms with Crippen LogP contribution in [0.1, 0.15) is 24.8 Å². The highest BCUT2D eigenvalue weighted by atomic mass is 19.1. The minimum absolute atomic E-state index is 0.155. The average Bonchev–Trinajstić information content (AvgIpc) is 2.38. The SMILES string of the molecule is NC(=O)NCC(=O)N(Cc1cccc(F)c1)C12CC(N)(C1)C2. The van der Waals surface area contributed by atoms with Crippen molar-refractivity contribution in [3.63, 3.8) is 0 Å². The van der Waals surface area contributed by atoms with E-state index in [1.807, 2.05) is 0 Å². The van der Waals surface area contributed by atoms with Crippen LogP contribution in [0.15, 0.2) is 24.3 Å². The Morgan fingerprint density at radius 2 is 2.00 bits per heavy atom. The van der Waals surface area contributed by atoms with Crippen molar-refractivity contribution in [2.75, 3.05) is 6.54 Å². The molecule has 4 rings (SSSR count). The Kier molecular flexibility index (Phi) is 3.32. The predicted octanol–water partition coefficient (Wildman–Crippen LogP) is 0.456. The van der Waals surface area contributed by atoms with Crippen LogP contribution in [0.3, 0.4) is 0 Å². The average molecular weight is 306 g/mol. The Morgan fingerprint density at radius 1 is 1.32 bits per heavy atom. The van der Waals surface area contributed by atoms with Crippen molar-refractivity contribution in [1.82, 2.24) is 10.2 Å². The molecule has 118 valence electrons. The lowest BCUT2D eigenvalue weighted by atomic mass is 9.44. The minimum Gasteiger partial charge on any atom is -0.352 e. The van der Waals surface area contributed by atoms with E-state index in [0.29, 0.717) is 12.1 Å². The first-order valence-electron chi connectivity index (χ1n) is 7.19. The Hall–Kier alpha value is -2.15. The molecule has 0 unspecified atom stereocenters. The van der Waals surface area contributed by atoms with Gasteiger partial charge in [-0.25, -0.2) is 9.18 Å². The third-order valence-corrected chi connectivity index (χ3v) is 4.56. The van der Waals surface area contributed by atoms with Gasteiger partial charge in [0.15, 0.2) is 0 Å². The van der Waals surface area contributed by atoms with Crippen LogP contribution >= 0.6 is 0 Å². The van der Waals surface area contributed by atoms with Crippen molar-refractivity contribution in [3.8, 4) is 0 Å². The van der Waals surface area contributed by atoms with Gasteiger partial charge in [-0.3, -0.25) is 4.79 Å². The number of nitrogens with one attached hydrogen (secondary N) is 1. The van der Waals surface area contributed by atoms with Crippen molar-refractivity contribution in [1.29, 1.82) is 0 Å². The number of primary amides is 1. The van der Waals surface area contributed by atoms with Crippen LogP contribution in [0, 0.1) is 5.82 Å². The summed E-state index contributed by atoms with van der Waals surface area (Å²) in [5.41, 5.74) is 11.4. The second-order valence-corrected chi connectivity index (χ2v) is 6.44. The second kappa shape index (κ2) is 4.95. The lowest BCUT2D eigenvalue weighted by Crippen LogP contribution is -2.82. The zero-order valence-corrected chi connectivity index (χ0v) is 12.1. The van der Waals surface area contributed by atoms with E-state index in [4.69, 9.17) is 11.5 Å². The standard InChI is InChI=1S/C15H19FN4O2/c16-11-3-1-2-10(4-11)6-20(12(21)5-19-13(17)22)15-7-14(18,8-15)9-15/h1-4H,5-9,18H2,(H3,17,19,22). The first-order valence-corrected chi connectivity index (χ1v) is 7.19. The molecule has 0 aromatic heterocycles. The second-order valence-electron chi connectivity index (χ2n) is 6.44. The van der Waals surface area contributed by atoms with Crippen LogP contribution in [0.5, 0.6) is 0 Å². The van der Waals surface area contributed by atoms with Gasteiger partial charge in [0.25, 0.3) is 0 Å². The molecular formula is C15H19FN4O2. The maximum atomic E-state index is 13.3. The fourth-order valence-electron chi connectivity index (χ4n) is 3.69. The van der Waals surface area contributed by atoms with Gasteiger partial charge in [0.1, 0.15) is 5.82 Å². The minimum atomic E-state index is -0.744. The molecular weight excluding hydrogens is 287 g/mol. The molecule has 0 saturated heterocycles. The Morgan fingerprint density at radius 3 is 2.55 bits per heavy atom. The summed E-state index contributed by atoms with van der Waals surface area (Å²) in [6.07, 6.45) is 2.24. The largest absolute Gasteiger partial charge is 0.352 e. The number of nitrogens with two attached hydrogens (primary N) is 2. The molecule has 3 fully saturated rings. The topological polar surface area (TPSA) is 101 Å². The van der Waals surface area contributed by atoms with E-state index in [1.54, 1.807) is 17.0 Å². The van der Waals surface area contributed by atoms with E-state index >= 15 is 0 Å². The van der Waals surface area contributed by atoms with E-state index in [2.05, 4.69) is 5.32 Å². The van der Waals surface area contributed by atoms with E-state index in [0.717, 1.165) is 19.3 Å². The van der Waals surface area contributed by atoms with Crippen molar-refractivity contribution in [2.45, 2.75) is 36.9 Å². The molecule has 22 heavy (non-hydrogen) atoms. The van der Waals surface area contributed by atoms with Gasteiger partial charge in [0.05, 0.1) is 6.54 Å². The zero-order valence-electron chi connectivity index (χ0n) is 12.1. The van der Waals surface area contributed by atoms with Crippen LogP contribution in [0.25, 0.3) is 0 Å². The number of hydrogen-bond acceptors (Lipinski definition) is 3. The summed E-state index contributed by atoms with van der Waals surface area (Å²) in [5, 5.41) is 2.31. The highest BCUT2D eigenvalue weighted by molar-refractivity contribution is 5.84. The van der Waals surface area contributed by atoms with Crippen LogP contribution in [-0.4, -0.2) is 34.5 Å². The Labute approximate surface area is 127 Å². The fraction of sp³-hybridized carbons (Fsp3) is 0.467. The van der Waals surface area contributed by atoms with Gasteiger partial charge in [-0.2, -0.15) is 0 Å². The Bertz CT molecular complexity index is 614. The molecule has 3 saturated carbocycles. The molecule has 0 aliphatic heterocycles. The van der Waals surface area contributed by atoms with Gasteiger partial charge in [-0.05, 0) is 37.0 Å². The summed E-state index contributed by atoms with van der Waals surface area (Å²) < 4.78 is 13.3. The molecule has 5 N–H and O–H groups in total.